The first-order valence-corrected chi connectivity index (χ1v) is 15.3. The fourth-order valence-electron chi connectivity index (χ4n) is 5.79. The van der Waals surface area contributed by atoms with Gasteiger partial charge in [-0.05, 0) is 92.7 Å². The van der Waals surface area contributed by atoms with Gasteiger partial charge in [-0.3, -0.25) is 14.6 Å². The second-order valence-electron chi connectivity index (χ2n) is 11.4. The van der Waals surface area contributed by atoms with Crippen LogP contribution in [-0.4, -0.2) is 65.8 Å². The molecular formula is C35H48N4O2. The number of amides is 1. The molecule has 6 nitrogen and oxygen atoms in total. The number of nitrogens with one attached hydrogen (secondary N) is 2. The van der Waals surface area contributed by atoms with Crippen LogP contribution in [0.4, 0.5) is 0 Å². The second kappa shape index (κ2) is 15.3. The van der Waals surface area contributed by atoms with Crippen molar-refractivity contribution in [2.45, 2.75) is 71.8 Å². The molecular weight excluding hydrogens is 508 g/mol. The van der Waals surface area contributed by atoms with Gasteiger partial charge in [0, 0.05) is 31.2 Å². The Bertz CT molecular complexity index is 1240. The van der Waals surface area contributed by atoms with Crippen LogP contribution in [0.3, 0.4) is 0 Å². The van der Waals surface area contributed by atoms with Crippen LogP contribution in [0.1, 0.15) is 70.9 Å². The number of nitrogens with zero attached hydrogens (tertiary/aromatic N) is 2. The molecule has 0 aromatic heterocycles. The largest absolute Gasteiger partial charge is 0.377 e. The van der Waals surface area contributed by atoms with Gasteiger partial charge in [-0.2, -0.15) is 0 Å². The van der Waals surface area contributed by atoms with Crippen LogP contribution in [0.15, 0.2) is 72.8 Å². The van der Waals surface area contributed by atoms with Crippen LogP contribution >= 0.6 is 0 Å². The molecule has 3 aromatic rings. The van der Waals surface area contributed by atoms with Crippen molar-refractivity contribution in [3.63, 3.8) is 0 Å². The molecule has 220 valence electrons. The number of benzene rings is 3. The summed E-state index contributed by atoms with van der Waals surface area (Å²) in [5.41, 5.74) is 6.72. The molecule has 41 heavy (non-hydrogen) atoms. The zero-order valence-electron chi connectivity index (χ0n) is 25.3. The van der Waals surface area contributed by atoms with E-state index in [1.165, 1.54) is 16.7 Å². The molecule has 4 rings (SSSR count). The number of carbonyl (C=O) groups excluding carboxylic acids is 1. The van der Waals surface area contributed by atoms with Gasteiger partial charge >= 0.3 is 0 Å². The molecule has 0 spiro atoms. The molecule has 1 heterocycles. The Balaban J connectivity index is 1.38. The van der Waals surface area contributed by atoms with E-state index in [9.17, 15) is 9.90 Å². The Kier molecular flexibility index (Phi) is 11.5. The van der Waals surface area contributed by atoms with Crippen molar-refractivity contribution in [2.75, 3.05) is 32.7 Å². The van der Waals surface area contributed by atoms with E-state index < -0.39 is 6.23 Å². The predicted molar refractivity (Wildman–Crippen MR) is 168 cm³/mol. The molecule has 1 amide bonds. The summed E-state index contributed by atoms with van der Waals surface area (Å²) in [4.78, 5) is 17.7. The van der Waals surface area contributed by atoms with Crippen molar-refractivity contribution in [3.8, 4) is 0 Å². The molecule has 1 saturated heterocycles. The number of hydrogen-bond donors (Lipinski definition) is 3. The summed E-state index contributed by atoms with van der Waals surface area (Å²) in [7, 11) is 0. The van der Waals surface area contributed by atoms with E-state index in [1.807, 2.05) is 24.3 Å². The van der Waals surface area contributed by atoms with Crippen molar-refractivity contribution >= 4 is 5.91 Å². The van der Waals surface area contributed by atoms with E-state index in [0.717, 1.165) is 50.0 Å². The number of rotatable bonds is 13. The average Bonchev–Trinajstić information content (AvgIpc) is 3.00. The highest BCUT2D eigenvalue weighted by atomic mass is 16.3. The van der Waals surface area contributed by atoms with Gasteiger partial charge in [0.1, 0.15) is 6.23 Å². The summed E-state index contributed by atoms with van der Waals surface area (Å²) < 4.78 is 0. The minimum Gasteiger partial charge on any atom is -0.377 e. The predicted octanol–water partition coefficient (Wildman–Crippen LogP) is 5.23. The van der Waals surface area contributed by atoms with E-state index in [0.29, 0.717) is 31.2 Å². The Morgan fingerprint density at radius 1 is 0.927 bits per heavy atom. The minimum absolute atomic E-state index is 0.0833. The molecule has 0 aliphatic carbocycles. The molecule has 0 radical (unpaired) electrons. The normalized spacial score (nSPS) is 16.0. The molecule has 2 unspecified atom stereocenters. The van der Waals surface area contributed by atoms with Gasteiger partial charge in [0.05, 0.1) is 6.04 Å². The van der Waals surface area contributed by atoms with E-state index >= 15 is 0 Å². The number of aryl methyl sites for hydroxylation is 3. The highest BCUT2D eigenvalue weighted by Gasteiger charge is 2.27. The molecule has 2 atom stereocenters. The first-order chi connectivity index (χ1) is 19.9. The number of aliphatic hydroxyl groups is 1. The summed E-state index contributed by atoms with van der Waals surface area (Å²) in [5, 5.41) is 18.2. The molecule has 6 heteroatoms. The average molecular weight is 557 g/mol. The zero-order chi connectivity index (χ0) is 29.2. The smallest absolute Gasteiger partial charge is 0.251 e. The van der Waals surface area contributed by atoms with Gasteiger partial charge in [-0.25, -0.2) is 0 Å². The summed E-state index contributed by atoms with van der Waals surface area (Å²) in [5.74, 6) is -0.0833. The standard InChI is InChI=1S/C35H48N4O2/c1-5-28-13-10-14-31(22-28)35(41)37-23-33(30-16-15-26(3)27(4)21-30)39(6-2)34(40)24-36-32-17-19-38(20-18-32)25-29-11-8-7-9-12-29/h7-16,21-22,32-34,36,40H,5-6,17-20,23-25H2,1-4H3,(H,37,41). The lowest BCUT2D eigenvalue weighted by atomic mass is 9.99. The third-order valence-electron chi connectivity index (χ3n) is 8.54. The molecule has 0 bridgehead atoms. The first-order valence-electron chi connectivity index (χ1n) is 15.3. The molecule has 1 aliphatic rings. The van der Waals surface area contributed by atoms with Gasteiger partial charge in [-0.15, -0.1) is 0 Å². The third kappa shape index (κ3) is 8.73. The number of aliphatic hydroxyl groups excluding tert-OH is 1. The van der Waals surface area contributed by atoms with Crippen molar-refractivity contribution < 1.29 is 9.90 Å². The van der Waals surface area contributed by atoms with E-state index in [-0.39, 0.29) is 11.9 Å². The molecule has 3 aromatic carbocycles. The van der Waals surface area contributed by atoms with Gasteiger partial charge in [-0.1, -0.05) is 74.5 Å². The van der Waals surface area contributed by atoms with Gasteiger partial charge in [0.15, 0.2) is 0 Å². The molecule has 1 aliphatic heterocycles. The number of likely N-dealkylation sites (tertiary alicyclic amines) is 1. The SMILES string of the molecule is CCc1cccc(C(=O)NCC(c2ccc(C)c(C)c2)N(CC)C(O)CNC2CCN(Cc3ccccc3)CC2)c1. The lowest BCUT2D eigenvalue weighted by molar-refractivity contribution is -0.0237. The van der Waals surface area contributed by atoms with E-state index in [4.69, 9.17) is 0 Å². The Morgan fingerprint density at radius 2 is 1.66 bits per heavy atom. The maximum Gasteiger partial charge on any atom is 0.251 e. The van der Waals surface area contributed by atoms with Gasteiger partial charge < -0.3 is 15.7 Å². The van der Waals surface area contributed by atoms with Gasteiger partial charge in [0.2, 0.25) is 0 Å². The number of likely N-dealkylation sites (N-methyl/N-ethyl adjacent to an activating group) is 1. The van der Waals surface area contributed by atoms with Gasteiger partial charge in [0.25, 0.3) is 5.91 Å². The third-order valence-corrected chi connectivity index (χ3v) is 8.54. The Labute approximate surface area is 246 Å². The Morgan fingerprint density at radius 3 is 2.34 bits per heavy atom. The lowest BCUT2D eigenvalue weighted by Crippen LogP contribution is -2.50. The minimum atomic E-state index is -0.672. The summed E-state index contributed by atoms with van der Waals surface area (Å²) in [6, 6.07) is 25.1. The zero-order valence-corrected chi connectivity index (χ0v) is 25.3. The summed E-state index contributed by atoms with van der Waals surface area (Å²) >= 11 is 0. The highest BCUT2D eigenvalue weighted by Crippen LogP contribution is 2.25. The molecule has 3 N–H and O–H groups in total. The highest BCUT2D eigenvalue weighted by molar-refractivity contribution is 5.94. The number of carbonyl (C=O) groups is 1. The van der Waals surface area contributed by atoms with E-state index in [2.05, 4.69) is 96.7 Å². The van der Waals surface area contributed by atoms with Crippen LogP contribution in [0, 0.1) is 13.8 Å². The van der Waals surface area contributed by atoms with E-state index in [1.54, 1.807) is 0 Å². The molecule has 1 fully saturated rings. The summed E-state index contributed by atoms with van der Waals surface area (Å²) in [6.07, 6.45) is 2.36. The second-order valence-corrected chi connectivity index (χ2v) is 11.4. The first kappa shape index (κ1) is 30.9. The monoisotopic (exact) mass is 556 g/mol. The number of hydrogen-bond acceptors (Lipinski definition) is 5. The Hall–Kier alpha value is -3.03. The number of piperidine rings is 1. The molecule has 0 saturated carbocycles. The maximum atomic E-state index is 13.1. The van der Waals surface area contributed by atoms with Crippen LogP contribution in [0.5, 0.6) is 0 Å². The summed E-state index contributed by atoms with van der Waals surface area (Å²) in [6.45, 7) is 13.1. The topological polar surface area (TPSA) is 67.8 Å². The van der Waals surface area contributed by atoms with Crippen LogP contribution in [0.25, 0.3) is 0 Å². The van der Waals surface area contributed by atoms with Crippen molar-refractivity contribution in [1.29, 1.82) is 0 Å². The fourth-order valence-corrected chi connectivity index (χ4v) is 5.79. The van der Waals surface area contributed by atoms with Crippen LogP contribution in [-0.2, 0) is 13.0 Å². The fraction of sp³-hybridized carbons (Fsp3) is 0.457. The van der Waals surface area contributed by atoms with Crippen LogP contribution < -0.4 is 10.6 Å². The lowest BCUT2D eigenvalue weighted by Gasteiger charge is -2.37. The van der Waals surface area contributed by atoms with Crippen LogP contribution in [0.2, 0.25) is 0 Å². The van der Waals surface area contributed by atoms with Crippen molar-refractivity contribution in [1.82, 2.24) is 20.4 Å². The van der Waals surface area contributed by atoms with Crippen molar-refractivity contribution in [3.05, 3.63) is 106 Å². The quantitative estimate of drug-likeness (QED) is 0.252. The van der Waals surface area contributed by atoms with Crippen molar-refractivity contribution in [2.24, 2.45) is 0 Å². The maximum absolute atomic E-state index is 13.1.